The quantitative estimate of drug-likeness (QED) is 0.866. The van der Waals surface area contributed by atoms with Gasteiger partial charge in [0, 0.05) is 23.8 Å². The summed E-state index contributed by atoms with van der Waals surface area (Å²) in [7, 11) is 0. The largest absolute Gasteiger partial charge is 0.349 e. The highest BCUT2D eigenvalue weighted by molar-refractivity contribution is 5.81. The van der Waals surface area contributed by atoms with Crippen LogP contribution in [0.2, 0.25) is 0 Å². The molecule has 1 aromatic rings. The minimum Gasteiger partial charge on any atom is -0.349 e. The lowest BCUT2D eigenvalue weighted by Gasteiger charge is -2.48. The van der Waals surface area contributed by atoms with Crippen molar-refractivity contribution in [3.63, 3.8) is 0 Å². The number of piperidine rings is 1. The molecule has 1 saturated carbocycles. The van der Waals surface area contributed by atoms with E-state index in [2.05, 4.69) is 41.4 Å². The molecule has 3 nitrogen and oxygen atoms in total. The Kier molecular flexibility index (Phi) is 4.11. The van der Waals surface area contributed by atoms with Crippen molar-refractivity contribution in [2.75, 3.05) is 13.1 Å². The van der Waals surface area contributed by atoms with Crippen LogP contribution < -0.4 is 5.32 Å². The van der Waals surface area contributed by atoms with Crippen molar-refractivity contribution in [2.24, 2.45) is 11.8 Å². The summed E-state index contributed by atoms with van der Waals surface area (Å²) in [6.45, 7) is 4.81. The third kappa shape index (κ3) is 2.39. The van der Waals surface area contributed by atoms with E-state index in [0.29, 0.717) is 5.92 Å². The van der Waals surface area contributed by atoms with Gasteiger partial charge in [0.25, 0.3) is 0 Å². The van der Waals surface area contributed by atoms with Gasteiger partial charge in [-0.05, 0) is 55.8 Å². The van der Waals surface area contributed by atoms with Crippen molar-refractivity contribution in [1.29, 1.82) is 0 Å². The first-order valence-corrected chi connectivity index (χ1v) is 10.9. The standard InChI is InChI=1S/C23H32N2O/c1-2-16-7-3-6-10-20(16)25-13-11-23(12-14-25)18-9-5-4-8-17(18)22-19(23)15-21(26)24-22/h4-5,8-9,16,19-20,22H,2-3,6-7,10-15H2,1H3,(H,24,26)/t16-,19?,20?,22+/m0/s1. The first-order chi connectivity index (χ1) is 12.7. The zero-order valence-electron chi connectivity index (χ0n) is 16.0. The summed E-state index contributed by atoms with van der Waals surface area (Å²) >= 11 is 0. The van der Waals surface area contributed by atoms with E-state index in [1.54, 1.807) is 5.56 Å². The minimum atomic E-state index is 0.229. The fourth-order valence-electron chi connectivity index (χ4n) is 6.92. The number of fused-ring (bicyclic) bond motifs is 5. The fourth-order valence-corrected chi connectivity index (χ4v) is 6.92. The minimum absolute atomic E-state index is 0.229. The zero-order valence-corrected chi connectivity index (χ0v) is 16.0. The second kappa shape index (κ2) is 6.37. The molecule has 2 aliphatic heterocycles. The Balaban J connectivity index is 1.40. The molecule has 4 atom stereocenters. The first kappa shape index (κ1) is 16.8. The van der Waals surface area contributed by atoms with Crippen molar-refractivity contribution < 1.29 is 4.79 Å². The van der Waals surface area contributed by atoms with Crippen molar-refractivity contribution in [3.8, 4) is 0 Å². The summed E-state index contributed by atoms with van der Waals surface area (Å²) in [6.07, 6.45) is 10.2. The number of carbonyl (C=O) groups is 1. The molecule has 2 saturated heterocycles. The highest BCUT2D eigenvalue weighted by atomic mass is 16.2. The van der Waals surface area contributed by atoms with E-state index in [1.165, 1.54) is 63.6 Å². The zero-order chi connectivity index (χ0) is 17.7. The molecule has 2 heterocycles. The molecule has 4 aliphatic rings. The maximum absolute atomic E-state index is 12.2. The number of likely N-dealkylation sites (tertiary alicyclic amines) is 1. The maximum atomic E-state index is 12.2. The molecular formula is C23H32N2O. The molecular weight excluding hydrogens is 320 g/mol. The van der Waals surface area contributed by atoms with Gasteiger partial charge in [0.2, 0.25) is 5.91 Å². The molecule has 3 fully saturated rings. The van der Waals surface area contributed by atoms with E-state index in [0.717, 1.165) is 18.4 Å². The molecule has 1 spiro atoms. The predicted molar refractivity (Wildman–Crippen MR) is 104 cm³/mol. The van der Waals surface area contributed by atoms with Gasteiger partial charge >= 0.3 is 0 Å². The van der Waals surface area contributed by atoms with Gasteiger partial charge in [-0.2, -0.15) is 0 Å². The Morgan fingerprint density at radius 3 is 2.73 bits per heavy atom. The third-order valence-electron chi connectivity index (χ3n) is 8.22. The fraction of sp³-hybridized carbons (Fsp3) is 0.696. The Morgan fingerprint density at radius 1 is 1.15 bits per heavy atom. The van der Waals surface area contributed by atoms with E-state index >= 15 is 0 Å². The summed E-state index contributed by atoms with van der Waals surface area (Å²) in [5.74, 6) is 1.63. The summed E-state index contributed by atoms with van der Waals surface area (Å²) in [5.41, 5.74) is 3.18. The van der Waals surface area contributed by atoms with Gasteiger partial charge in [-0.25, -0.2) is 0 Å². The van der Waals surface area contributed by atoms with Crippen LogP contribution in [0.15, 0.2) is 24.3 Å². The monoisotopic (exact) mass is 352 g/mol. The molecule has 2 unspecified atom stereocenters. The molecule has 0 aromatic heterocycles. The molecule has 26 heavy (non-hydrogen) atoms. The van der Waals surface area contributed by atoms with Gasteiger partial charge in [-0.1, -0.05) is 50.5 Å². The van der Waals surface area contributed by atoms with Crippen molar-refractivity contribution in [1.82, 2.24) is 10.2 Å². The molecule has 1 aromatic carbocycles. The smallest absolute Gasteiger partial charge is 0.220 e. The van der Waals surface area contributed by atoms with E-state index < -0.39 is 0 Å². The lowest BCUT2D eigenvalue weighted by atomic mass is 9.66. The lowest BCUT2D eigenvalue weighted by Crippen LogP contribution is -2.51. The van der Waals surface area contributed by atoms with Gasteiger partial charge < -0.3 is 10.2 Å². The average molecular weight is 353 g/mol. The topological polar surface area (TPSA) is 32.3 Å². The third-order valence-corrected chi connectivity index (χ3v) is 8.22. The number of carbonyl (C=O) groups excluding carboxylic acids is 1. The Hall–Kier alpha value is -1.35. The van der Waals surface area contributed by atoms with Crippen molar-refractivity contribution in [2.45, 2.75) is 75.8 Å². The first-order valence-electron chi connectivity index (χ1n) is 10.9. The number of nitrogens with one attached hydrogen (secondary N) is 1. The van der Waals surface area contributed by atoms with Crippen LogP contribution in [-0.2, 0) is 10.2 Å². The van der Waals surface area contributed by atoms with E-state index in [-0.39, 0.29) is 17.4 Å². The van der Waals surface area contributed by atoms with Crippen LogP contribution in [0.1, 0.15) is 75.5 Å². The number of nitrogens with zero attached hydrogens (tertiary/aromatic N) is 1. The van der Waals surface area contributed by atoms with Gasteiger partial charge in [0.05, 0.1) is 6.04 Å². The number of hydrogen-bond acceptors (Lipinski definition) is 2. The summed E-state index contributed by atoms with van der Waals surface area (Å²) in [5, 5.41) is 3.28. The second-order valence-electron chi connectivity index (χ2n) is 9.16. The van der Waals surface area contributed by atoms with Crippen molar-refractivity contribution in [3.05, 3.63) is 35.4 Å². The van der Waals surface area contributed by atoms with Gasteiger partial charge in [0.1, 0.15) is 0 Å². The number of amides is 1. The van der Waals surface area contributed by atoms with Crippen LogP contribution in [0.25, 0.3) is 0 Å². The molecule has 5 rings (SSSR count). The van der Waals surface area contributed by atoms with Crippen LogP contribution in [0.4, 0.5) is 0 Å². The highest BCUT2D eigenvalue weighted by Crippen LogP contribution is 2.58. The SMILES string of the molecule is CC[C@H]1CCCCC1N1CCC2(CC1)c1ccccc1[C@H]1NC(=O)CC12. The van der Waals surface area contributed by atoms with Crippen molar-refractivity contribution >= 4 is 5.91 Å². The van der Waals surface area contributed by atoms with Crippen LogP contribution in [0.5, 0.6) is 0 Å². The van der Waals surface area contributed by atoms with E-state index in [4.69, 9.17) is 0 Å². The number of rotatable bonds is 2. The number of hydrogen-bond donors (Lipinski definition) is 1. The van der Waals surface area contributed by atoms with Gasteiger partial charge in [-0.15, -0.1) is 0 Å². The molecule has 2 aliphatic carbocycles. The Morgan fingerprint density at radius 2 is 1.92 bits per heavy atom. The Bertz CT molecular complexity index is 691. The molecule has 0 bridgehead atoms. The average Bonchev–Trinajstić information content (AvgIpc) is 3.19. The van der Waals surface area contributed by atoms with Gasteiger partial charge in [-0.3, -0.25) is 4.79 Å². The molecule has 0 radical (unpaired) electrons. The Labute approximate surface area is 157 Å². The normalized spacial score (nSPS) is 36.0. The second-order valence-corrected chi connectivity index (χ2v) is 9.16. The molecule has 140 valence electrons. The summed E-state index contributed by atoms with van der Waals surface area (Å²) in [4.78, 5) is 15.0. The highest BCUT2D eigenvalue weighted by Gasteiger charge is 2.56. The van der Waals surface area contributed by atoms with Crippen LogP contribution in [0.3, 0.4) is 0 Å². The predicted octanol–water partition coefficient (Wildman–Crippen LogP) is 4.18. The van der Waals surface area contributed by atoms with Crippen LogP contribution >= 0.6 is 0 Å². The lowest BCUT2D eigenvalue weighted by molar-refractivity contribution is -0.119. The maximum Gasteiger partial charge on any atom is 0.220 e. The van der Waals surface area contributed by atoms with E-state index in [9.17, 15) is 4.79 Å². The summed E-state index contributed by atoms with van der Waals surface area (Å²) < 4.78 is 0. The number of benzene rings is 1. The molecule has 1 amide bonds. The summed E-state index contributed by atoms with van der Waals surface area (Å²) in [6, 6.07) is 10.0. The molecule has 3 heteroatoms. The van der Waals surface area contributed by atoms with Gasteiger partial charge in [0.15, 0.2) is 0 Å². The molecule has 1 N–H and O–H groups in total. The van der Waals surface area contributed by atoms with Crippen LogP contribution in [-0.4, -0.2) is 29.9 Å². The van der Waals surface area contributed by atoms with E-state index in [1.807, 2.05) is 0 Å². The van der Waals surface area contributed by atoms with Crippen LogP contribution in [0, 0.1) is 11.8 Å².